The number of aryl methyl sites for hydroxylation is 2. The van der Waals surface area contributed by atoms with Crippen LogP contribution < -0.4 is 5.32 Å². The Labute approximate surface area is 141 Å². The van der Waals surface area contributed by atoms with Crippen molar-refractivity contribution in [3.05, 3.63) is 59.7 Å². The second-order valence-corrected chi connectivity index (χ2v) is 5.29. The maximum atomic E-state index is 12.8. The second kappa shape index (κ2) is 6.75. The Morgan fingerprint density at radius 1 is 1.08 bits per heavy atom. The van der Waals surface area contributed by atoms with E-state index in [9.17, 15) is 13.6 Å². The lowest BCUT2D eigenvalue weighted by molar-refractivity contribution is 0.0934. The first-order valence-corrected chi connectivity index (χ1v) is 7.34. The van der Waals surface area contributed by atoms with Crippen LogP contribution in [0.2, 0.25) is 0 Å². The van der Waals surface area contributed by atoms with Gasteiger partial charge in [-0.25, -0.2) is 18.7 Å². The van der Waals surface area contributed by atoms with Gasteiger partial charge in [-0.2, -0.15) is 10.2 Å². The largest absolute Gasteiger partial charge is 0.337 e. The van der Waals surface area contributed by atoms with Crippen LogP contribution in [0.15, 0.2) is 36.9 Å². The van der Waals surface area contributed by atoms with Crippen LogP contribution in [-0.2, 0) is 14.1 Å². The van der Waals surface area contributed by atoms with Crippen molar-refractivity contribution in [2.75, 3.05) is 0 Å². The van der Waals surface area contributed by atoms with E-state index in [-0.39, 0.29) is 5.69 Å². The van der Waals surface area contributed by atoms with Crippen LogP contribution >= 0.6 is 0 Å². The maximum Gasteiger partial charge on any atom is 0.280 e. The highest BCUT2D eigenvalue weighted by atomic mass is 19.3. The SMILES string of the molecule is Cn1nccc1C(NC(=O)c1cc(C(F)F)ncn1)c1ccnn1C. The monoisotopic (exact) mass is 347 g/mol. The number of amides is 1. The summed E-state index contributed by atoms with van der Waals surface area (Å²) in [5.74, 6) is -0.600. The fourth-order valence-electron chi connectivity index (χ4n) is 2.45. The van der Waals surface area contributed by atoms with Crippen molar-refractivity contribution >= 4 is 5.91 Å². The lowest BCUT2D eigenvalue weighted by Gasteiger charge is -2.19. The quantitative estimate of drug-likeness (QED) is 0.753. The molecule has 0 atom stereocenters. The molecule has 1 N–H and O–H groups in total. The summed E-state index contributed by atoms with van der Waals surface area (Å²) in [6, 6.07) is 3.91. The molecule has 10 heteroatoms. The summed E-state index contributed by atoms with van der Waals surface area (Å²) in [4.78, 5) is 19.8. The number of nitrogens with zero attached hydrogens (tertiary/aromatic N) is 6. The third-order valence-corrected chi connectivity index (χ3v) is 3.73. The van der Waals surface area contributed by atoms with Gasteiger partial charge in [0.2, 0.25) is 0 Å². The summed E-state index contributed by atoms with van der Waals surface area (Å²) in [5.41, 5.74) is 0.776. The Kier molecular flexibility index (Phi) is 4.50. The summed E-state index contributed by atoms with van der Waals surface area (Å²) in [6.07, 6.45) is 1.37. The molecule has 0 aliphatic rings. The fourth-order valence-corrected chi connectivity index (χ4v) is 2.45. The van der Waals surface area contributed by atoms with Crippen LogP contribution in [-0.4, -0.2) is 35.4 Å². The van der Waals surface area contributed by atoms with E-state index in [0.29, 0.717) is 11.4 Å². The topological polar surface area (TPSA) is 90.5 Å². The van der Waals surface area contributed by atoms with Gasteiger partial charge in [0.15, 0.2) is 0 Å². The molecule has 0 radical (unpaired) electrons. The lowest BCUT2D eigenvalue weighted by Crippen LogP contribution is -2.32. The molecule has 3 aromatic heterocycles. The van der Waals surface area contributed by atoms with Gasteiger partial charge < -0.3 is 5.32 Å². The minimum Gasteiger partial charge on any atom is -0.337 e. The van der Waals surface area contributed by atoms with Gasteiger partial charge in [0.1, 0.15) is 23.8 Å². The van der Waals surface area contributed by atoms with Crippen molar-refractivity contribution in [3.63, 3.8) is 0 Å². The number of alkyl halides is 2. The Balaban J connectivity index is 1.93. The molecule has 130 valence electrons. The summed E-state index contributed by atoms with van der Waals surface area (Å²) >= 11 is 0. The molecule has 0 saturated heterocycles. The van der Waals surface area contributed by atoms with Crippen molar-refractivity contribution in [3.8, 4) is 0 Å². The highest BCUT2D eigenvalue weighted by Crippen LogP contribution is 2.22. The molecule has 0 aliphatic carbocycles. The molecule has 0 aromatic carbocycles. The molecule has 3 heterocycles. The second-order valence-electron chi connectivity index (χ2n) is 5.29. The minimum absolute atomic E-state index is 0.139. The average Bonchev–Trinajstić information content (AvgIpc) is 3.21. The number of hydrogen-bond donors (Lipinski definition) is 1. The van der Waals surface area contributed by atoms with Gasteiger partial charge >= 0.3 is 0 Å². The number of rotatable bonds is 5. The van der Waals surface area contributed by atoms with Crippen LogP contribution in [0.25, 0.3) is 0 Å². The summed E-state index contributed by atoms with van der Waals surface area (Å²) in [6.45, 7) is 0. The number of carbonyl (C=O) groups excluding carboxylic acids is 1. The lowest BCUT2D eigenvalue weighted by atomic mass is 10.1. The molecule has 25 heavy (non-hydrogen) atoms. The number of carbonyl (C=O) groups is 1. The third kappa shape index (κ3) is 3.37. The van der Waals surface area contributed by atoms with Crippen LogP contribution in [0, 0.1) is 0 Å². The number of hydrogen-bond acceptors (Lipinski definition) is 5. The van der Waals surface area contributed by atoms with Gasteiger partial charge in [-0.15, -0.1) is 0 Å². The van der Waals surface area contributed by atoms with Gasteiger partial charge in [-0.3, -0.25) is 14.2 Å². The molecule has 0 saturated carbocycles. The number of halogens is 2. The highest BCUT2D eigenvalue weighted by Gasteiger charge is 2.24. The molecular formula is C15H15F2N7O. The Bertz CT molecular complexity index is 849. The molecule has 8 nitrogen and oxygen atoms in total. The Hall–Kier alpha value is -3.17. The van der Waals surface area contributed by atoms with Crippen LogP contribution in [0.1, 0.15) is 40.0 Å². The predicted octanol–water partition coefficient (Wildman–Crippen LogP) is 1.40. The molecule has 0 bridgehead atoms. The van der Waals surface area contributed by atoms with Crippen LogP contribution in [0.5, 0.6) is 0 Å². The maximum absolute atomic E-state index is 12.8. The zero-order chi connectivity index (χ0) is 18.0. The van der Waals surface area contributed by atoms with Gasteiger partial charge in [0, 0.05) is 26.5 Å². The summed E-state index contributed by atoms with van der Waals surface area (Å²) in [7, 11) is 3.48. The van der Waals surface area contributed by atoms with Crippen LogP contribution in [0.3, 0.4) is 0 Å². The normalized spacial score (nSPS) is 11.3. The average molecular weight is 347 g/mol. The van der Waals surface area contributed by atoms with Crippen molar-refractivity contribution in [1.29, 1.82) is 0 Å². The van der Waals surface area contributed by atoms with E-state index in [1.807, 2.05) is 0 Å². The summed E-state index contributed by atoms with van der Waals surface area (Å²) in [5, 5.41) is 11.0. The molecule has 0 fully saturated rings. The van der Waals surface area contributed by atoms with Crippen molar-refractivity contribution < 1.29 is 13.6 Å². The first-order valence-electron chi connectivity index (χ1n) is 7.34. The molecule has 1 amide bonds. The van der Waals surface area contributed by atoms with Crippen molar-refractivity contribution in [1.82, 2.24) is 34.8 Å². The van der Waals surface area contributed by atoms with E-state index in [4.69, 9.17) is 0 Å². The minimum atomic E-state index is -2.78. The molecule has 0 unspecified atom stereocenters. The van der Waals surface area contributed by atoms with E-state index in [0.717, 1.165) is 12.4 Å². The van der Waals surface area contributed by atoms with Crippen molar-refractivity contribution in [2.45, 2.75) is 12.5 Å². The van der Waals surface area contributed by atoms with Gasteiger partial charge in [0.05, 0.1) is 11.4 Å². The predicted molar refractivity (Wildman–Crippen MR) is 82.7 cm³/mol. The Morgan fingerprint density at radius 3 is 2.16 bits per heavy atom. The third-order valence-electron chi connectivity index (χ3n) is 3.73. The highest BCUT2D eigenvalue weighted by molar-refractivity contribution is 5.92. The molecule has 0 aliphatic heterocycles. The van der Waals surface area contributed by atoms with E-state index in [1.54, 1.807) is 48.0 Å². The summed E-state index contributed by atoms with van der Waals surface area (Å²) < 4.78 is 28.8. The first-order chi connectivity index (χ1) is 12.0. The zero-order valence-electron chi connectivity index (χ0n) is 13.5. The standard InChI is InChI=1S/C15H15F2N7O/c1-23-11(3-5-20-23)13(12-4-6-21-24(12)2)22-15(25)10-7-9(14(16)17)18-8-19-10/h3-8,13-14H,1-2H3,(H,22,25). The van der Waals surface area contributed by atoms with E-state index < -0.39 is 24.1 Å². The van der Waals surface area contributed by atoms with Crippen LogP contribution in [0.4, 0.5) is 8.78 Å². The van der Waals surface area contributed by atoms with Gasteiger partial charge in [-0.05, 0) is 18.2 Å². The fraction of sp³-hybridized carbons (Fsp3) is 0.267. The molecule has 3 rings (SSSR count). The number of nitrogens with one attached hydrogen (secondary N) is 1. The van der Waals surface area contributed by atoms with E-state index in [1.165, 1.54) is 0 Å². The Morgan fingerprint density at radius 2 is 1.68 bits per heavy atom. The first kappa shape index (κ1) is 16.7. The smallest absolute Gasteiger partial charge is 0.280 e. The van der Waals surface area contributed by atoms with E-state index >= 15 is 0 Å². The van der Waals surface area contributed by atoms with Gasteiger partial charge in [-0.1, -0.05) is 0 Å². The van der Waals surface area contributed by atoms with Crippen molar-refractivity contribution in [2.24, 2.45) is 14.1 Å². The molecule has 0 spiro atoms. The molecular weight excluding hydrogens is 332 g/mol. The van der Waals surface area contributed by atoms with Gasteiger partial charge in [0.25, 0.3) is 12.3 Å². The molecule has 3 aromatic rings. The zero-order valence-corrected chi connectivity index (χ0v) is 13.5. The number of aromatic nitrogens is 6. The van der Waals surface area contributed by atoms with E-state index in [2.05, 4.69) is 25.5 Å².